The van der Waals surface area contributed by atoms with E-state index in [1.165, 1.54) is 11.1 Å². The summed E-state index contributed by atoms with van der Waals surface area (Å²) in [5.41, 5.74) is 4.22. The molecule has 0 aliphatic carbocycles. The molecule has 0 aromatic heterocycles. The number of hydrogen-bond donors (Lipinski definition) is 2. The third kappa shape index (κ3) is 5.84. The van der Waals surface area contributed by atoms with Crippen LogP contribution >= 0.6 is 0 Å². The highest BCUT2D eigenvalue weighted by Crippen LogP contribution is 2.28. The van der Waals surface area contributed by atoms with Crippen molar-refractivity contribution >= 4 is 23.2 Å². The molecule has 0 bridgehead atoms. The Balaban J connectivity index is 1.49. The Morgan fingerprint density at radius 1 is 0.971 bits per heavy atom. The molecule has 0 spiro atoms. The summed E-state index contributed by atoms with van der Waals surface area (Å²) in [7, 11) is 3.93. The van der Waals surface area contributed by atoms with Gasteiger partial charge in [-0.25, -0.2) is 8.78 Å². The minimum absolute atomic E-state index is 0.178. The smallest absolute Gasteiger partial charge is 0.313 e. The van der Waals surface area contributed by atoms with E-state index in [4.69, 9.17) is 0 Å². The van der Waals surface area contributed by atoms with Crippen LogP contribution < -0.4 is 15.5 Å². The number of fused-ring (bicyclic) bond motifs is 1. The SMILES string of the molecule is CN(C)c1ccc([C@H](CNC(=O)C(=O)Nc2cc(F)ccc2F)N2CCc3ccccc3C2)cc1. The summed E-state index contributed by atoms with van der Waals surface area (Å²) in [5, 5.41) is 4.82. The number of nitrogens with one attached hydrogen (secondary N) is 2. The highest BCUT2D eigenvalue weighted by Gasteiger charge is 2.26. The van der Waals surface area contributed by atoms with Crippen LogP contribution in [0.5, 0.6) is 0 Å². The van der Waals surface area contributed by atoms with E-state index in [0.29, 0.717) is 6.54 Å². The van der Waals surface area contributed by atoms with E-state index >= 15 is 0 Å². The second-order valence-corrected chi connectivity index (χ2v) is 8.78. The van der Waals surface area contributed by atoms with Crippen molar-refractivity contribution in [2.24, 2.45) is 0 Å². The van der Waals surface area contributed by atoms with E-state index in [2.05, 4.69) is 27.7 Å². The lowest BCUT2D eigenvalue weighted by Gasteiger charge is -2.36. The minimum Gasteiger partial charge on any atom is -0.378 e. The fraction of sp³-hybridized carbons (Fsp3) is 0.259. The highest BCUT2D eigenvalue weighted by molar-refractivity contribution is 6.39. The Morgan fingerprint density at radius 3 is 2.40 bits per heavy atom. The quantitative estimate of drug-likeness (QED) is 0.528. The van der Waals surface area contributed by atoms with E-state index in [-0.39, 0.29) is 18.3 Å². The molecule has 0 radical (unpaired) electrons. The van der Waals surface area contributed by atoms with Gasteiger partial charge >= 0.3 is 11.8 Å². The minimum atomic E-state index is -1.06. The van der Waals surface area contributed by atoms with E-state index in [9.17, 15) is 18.4 Å². The van der Waals surface area contributed by atoms with Crippen molar-refractivity contribution in [3.8, 4) is 0 Å². The highest BCUT2D eigenvalue weighted by atomic mass is 19.1. The van der Waals surface area contributed by atoms with E-state index in [1.807, 2.05) is 55.4 Å². The van der Waals surface area contributed by atoms with Crippen molar-refractivity contribution < 1.29 is 18.4 Å². The van der Waals surface area contributed by atoms with Crippen molar-refractivity contribution in [1.29, 1.82) is 0 Å². The topological polar surface area (TPSA) is 64.7 Å². The summed E-state index contributed by atoms with van der Waals surface area (Å²) in [6.07, 6.45) is 0.885. The number of carbonyl (C=O) groups is 2. The zero-order valence-corrected chi connectivity index (χ0v) is 19.7. The molecule has 8 heteroatoms. The zero-order chi connectivity index (χ0) is 24.9. The summed E-state index contributed by atoms with van der Waals surface area (Å²) in [4.78, 5) is 29.2. The maximum absolute atomic E-state index is 13.9. The number of anilines is 2. The maximum atomic E-state index is 13.9. The van der Waals surface area contributed by atoms with Gasteiger partial charge in [0, 0.05) is 45.5 Å². The van der Waals surface area contributed by atoms with Gasteiger partial charge in [-0.15, -0.1) is 0 Å². The molecule has 0 unspecified atom stereocenters. The first-order chi connectivity index (χ1) is 16.8. The average molecular weight is 479 g/mol. The molecule has 3 aromatic rings. The molecule has 0 saturated heterocycles. The lowest BCUT2D eigenvalue weighted by Crippen LogP contribution is -2.43. The number of benzene rings is 3. The van der Waals surface area contributed by atoms with Gasteiger partial charge in [-0.05, 0) is 47.4 Å². The summed E-state index contributed by atoms with van der Waals surface area (Å²) in [6.45, 7) is 1.70. The van der Waals surface area contributed by atoms with E-state index < -0.39 is 23.4 Å². The van der Waals surface area contributed by atoms with E-state index in [1.54, 1.807) is 0 Å². The molecular formula is C27H28F2N4O2. The van der Waals surface area contributed by atoms with Gasteiger partial charge in [0.2, 0.25) is 0 Å². The van der Waals surface area contributed by atoms with Crippen LogP contribution in [0.15, 0.2) is 66.7 Å². The van der Waals surface area contributed by atoms with Gasteiger partial charge < -0.3 is 15.5 Å². The van der Waals surface area contributed by atoms with Gasteiger partial charge in [-0.2, -0.15) is 0 Å². The Kier molecular flexibility index (Phi) is 7.41. The number of nitrogens with zero attached hydrogens (tertiary/aromatic N) is 2. The van der Waals surface area contributed by atoms with Crippen molar-refractivity contribution in [2.75, 3.05) is 37.4 Å². The monoisotopic (exact) mass is 478 g/mol. The molecule has 4 rings (SSSR count). The molecule has 0 saturated carbocycles. The van der Waals surface area contributed by atoms with Gasteiger partial charge in [0.1, 0.15) is 11.6 Å². The number of halogens is 2. The molecular weight excluding hydrogens is 450 g/mol. The Morgan fingerprint density at radius 2 is 1.69 bits per heavy atom. The summed E-state index contributed by atoms with van der Waals surface area (Å²) in [6, 6.07) is 18.8. The largest absolute Gasteiger partial charge is 0.378 e. The molecule has 1 atom stereocenters. The normalized spacial score (nSPS) is 14.1. The fourth-order valence-corrected chi connectivity index (χ4v) is 4.28. The molecule has 3 aromatic carbocycles. The number of carbonyl (C=O) groups excluding carboxylic acids is 2. The molecule has 35 heavy (non-hydrogen) atoms. The van der Waals surface area contributed by atoms with Gasteiger partial charge in [-0.3, -0.25) is 14.5 Å². The maximum Gasteiger partial charge on any atom is 0.313 e. The predicted octanol–water partition coefficient (Wildman–Crippen LogP) is 3.89. The molecule has 2 N–H and O–H groups in total. The van der Waals surface area contributed by atoms with Crippen molar-refractivity contribution in [1.82, 2.24) is 10.2 Å². The fourth-order valence-electron chi connectivity index (χ4n) is 4.28. The standard InChI is InChI=1S/C27H28F2N4O2/c1-32(2)22-10-7-19(8-11-22)25(33-14-13-18-5-3-4-6-20(18)17-33)16-30-26(34)27(35)31-24-15-21(28)9-12-23(24)29/h3-12,15,25H,13-14,16-17H2,1-2H3,(H,30,34)(H,31,35)/t25-/m0/s1. The predicted molar refractivity (Wildman–Crippen MR) is 132 cm³/mol. The van der Waals surface area contributed by atoms with Crippen LogP contribution in [-0.2, 0) is 22.6 Å². The third-order valence-corrected chi connectivity index (χ3v) is 6.23. The van der Waals surface area contributed by atoms with Crippen LogP contribution in [-0.4, -0.2) is 43.9 Å². The lowest BCUT2D eigenvalue weighted by molar-refractivity contribution is -0.136. The molecule has 1 aliphatic heterocycles. The Labute approximate surface area is 203 Å². The number of hydrogen-bond acceptors (Lipinski definition) is 4. The van der Waals surface area contributed by atoms with Crippen LogP contribution in [0.25, 0.3) is 0 Å². The second kappa shape index (κ2) is 10.7. The third-order valence-electron chi connectivity index (χ3n) is 6.23. The van der Waals surface area contributed by atoms with Crippen molar-refractivity contribution in [2.45, 2.75) is 19.0 Å². The molecule has 6 nitrogen and oxygen atoms in total. The average Bonchev–Trinajstić information content (AvgIpc) is 2.86. The van der Waals surface area contributed by atoms with Crippen LogP contribution in [0.1, 0.15) is 22.7 Å². The first-order valence-corrected chi connectivity index (χ1v) is 11.4. The molecule has 1 aliphatic rings. The zero-order valence-electron chi connectivity index (χ0n) is 19.7. The first-order valence-electron chi connectivity index (χ1n) is 11.4. The summed E-state index contributed by atoms with van der Waals surface area (Å²) in [5.74, 6) is -3.51. The van der Waals surface area contributed by atoms with Crippen LogP contribution in [0, 0.1) is 11.6 Å². The summed E-state index contributed by atoms with van der Waals surface area (Å²) >= 11 is 0. The second-order valence-electron chi connectivity index (χ2n) is 8.78. The van der Waals surface area contributed by atoms with Gasteiger partial charge in [-0.1, -0.05) is 36.4 Å². The van der Waals surface area contributed by atoms with Gasteiger partial charge in [0.05, 0.1) is 11.7 Å². The van der Waals surface area contributed by atoms with Crippen molar-refractivity contribution in [3.05, 3.63) is 95.1 Å². The van der Waals surface area contributed by atoms with Crippen molar-refractivity contribution in [3.63, 3.8) is 0 Å². The van der Waals surface area contributed by atoms with Crippen LogP contribution in [0.4, 0.5) is 20.2 Å². The van der Waals surface area contributed by atoms with Gasteiger partial charge in [0.25, 0.3) is 0 Å². The first kappa shape index (κ1) is 24.3. The van der Waals surface area contributed by atoms with Gasteiger partial charge in [0.15, 0.2) is 0 Å². The van der Waals surface area contributed by atoms with Crippen LogP contribution in [0.3, 0.4) is 0 Å². The number of rotatable bonds is 6. The molecule has 182 valence electrons. The molecule has 0 fully saturated rings. The van der Waals surface area contributed by atoms with Crippen LogP contribution in [0.2, 0.25) is 0 Å². The molecule has 2 amide bonds. The number of amides is 2. The Bertz CT molecular complexity index is 1210. The summed E-state index contributed by atoms with van der Waals surface area (Å²) < 4.78 is 27.3. The lowest BCUT2D eigenvalue weighted by atomic mass is 9.96. The Hall–Kier alpha value is -3.78. The van der Waals surface area contributed by atoms with E-state index in [0.717, 1.165) is 42.4 Å². The molecule has 1 heterocycles.